The molecule has 5 rings (SSSR count). The summed E-state index contributed by atoms with van der Waals surface area (Å²) in [5, 5.41) is 0.0885. The highest BCUT2D eigenvalue weighted by Crippen LogP contribution is 2.31. The maximum Gasteiger partial charge on any atom is 0.260 e. The van der Waals surface area contributed by atoms with E-state index in [4.69, 9.17) is 0 Å². The van der Waals surface area contributed by atoms with Crippen molar-refractivity contribution in [3.63, 3.8) is 0 Å². The number of carbonyl (C=O) groups excluding carboxylic acids is 1. The molecule has 1 N–H and O–H groups in total. The van der Waals surface area contributed by atoms with Crippen molar-refractivity contribution < 1.29 is 13.2 Å². The van der Waals surface area contributed by atoms with Crippen molar-refractivity contribution in [2.45, 2.75) is 24.4 Å². The first-order valence-corrected chi connectivity index (χ1v) is 10.7. The number of para-hydroxylation sites is 2. The van der Waals surface area contributed by atoms with E-state index >= 15 is 0 Å². The van der Waals surface area contributed by atoms with Crippen LogP contribution in [0.15, 0.2) is 41.8 Å². The number of aromatic amines is 1. The van der Waals surface area contributed by atoms with Crippen molar-refractivity contribution in [2.24, 2.45) is 5.92 Å². The second kappa shape index (κ2) is 6.42. The summed E-state index contributed by atoms with van der Waals surface area (Å²) in [6.07, 6.45) is 3.66. The molecule has 0 bridgehead atoms. The Morgan fingerprint density at radius 2 is 1.89 bits per heavy atom. The molecule has 0 aliphatic carbocycles. The number of H-pyrrole nitrogens is 1. The molecule has 4 heterocycles. The maximum atomic E-state index is 13.1. The lowest BCUT2D eigenvalue weighted by molar-refractivity contribution is -0.123. The minimum atomic E-state index is -3.58. The van der Waals surface area contributed by atoms with Gasteiger partial charge in [0.25, 0.3) is 10.0 Å². The Hall–Kier alpha value is -2.72. The summed E-state index contributed by atoms with van der Waals surface area (Å²) in [5.41, 5.74) is 1.92. The molecule has 0 spiro atoms. The number of imidazole rings is 2. The van der Waals surface area contributed by atoms with Crippen LogP contribution in [-0.4, -0.2) is 57.8 Å². The highest BCUT2D eigenvalue weighted by molar-refractivity contribution is 7.89. The van der Waals surface area contributed by atoms with Gasteiger partial charge in [-0.3, -0.25) is 9.69 Å². The number of hydrogen-bond donors (Lipinski definition) is 1. The summed E-state index contributed by atoms with van der Waals surface area (Å²) in [4.78, 5) is 25.9. The average Bonchev–Trinajstić information content (AvgIpc) is 3.44. The third kappa shape index (κ3) is 2.63. The average molecular weight is 400 g/mol. The Balaban J connectivity index is 1.31. The van der Waals surface area contributed by atoms with Crippen LogP contribution in [0.3, 0.4) is 0 Å². The standard InChI is InChI=1S/C18H20N6O3S/c25-17(24-10-9-23-15-4-2-1-3-14(15)21-18(23)24)13-5-7-22(8-6-13)28(26,27)16-11-19-12-20-16/h1-4,11-13H,5-10H2,(H,19,20). The van der Waals surface area contributed by atoms with Crippen LogP contribution >= 0.6 is 0 Å². The van der Waals surface area contributed by atoms with Gasteiger partial charge in [0.05, 0.1) is 23.6 Å². The number of fused-ring (bicyclic) bond motifs is 3. The monoisotopic (exact) mass is 400 g/mol. The van der Waals surface area contributed by atoms with E-state index in [9.17, 15) is 13.2 Å². The van der Waals surface area contributed by atoms with E-state index in [1.165, 1.54) is 16.8 Å². The van der Waals surface area contributed by atoms with Gasteiger partial charge in [0.15, 0.2) is 5.03 Å². The molecule has 0 radical (unpaired) electrons. The second-order valence-corrected chi connectivity index (χ2v) is 9.04. The third-order valence-electron chi connectivity index (χ3n) is 5.58. The van der Waals surface area contributed by atoms with E-state index < -0.39 is 10.0 Å². The number of nitrogens with one attached hydrogen (secondary N) is 1. The predicted molar refractivity (Wildman–Crippen MR) is 102 cm³/mol. The number of nitrogens with zero attached hydrogens (tertiary/aromatic N) is 5. The highest BCUT2D eigenvalue weighted by Gasteiger charge is 2.37. The zero-order valence-corrected chi connectivity index (χ0v) is 16.0. The first-order chi connectivity index (χ1) is 13.6. The lowest BCUT2D eigenvalue weighted by atomic mass is 9.96. The van der Waals surface area contributed by atoms with Gasteiger partial charge in [0, 0.05) is 32.1 Å². The fraction of sp³-hybridized carbons (Fsp3) is 0.389. The molecule has 0 saturated carbocycles. The number of carbonyl (C=O) groups is 1. The zero-order chi connectivity index (χ0) is 19.3. The SMILES string of the molecule is O=C(C1CCN(S(=O)(=O)c2cnc[nH]2)CC1)N1CCn2c1nc1ccccc12. The summed E-state index contributed by atoms with van der Waals surface area (Å²) in [5.74, 6) is 0.533. The van der Waals surface area contributed by atoms with Gasteiger partial charge >= 0.3 is 0 Å². The van der Waals surface area contributed by atoms with Gasteiger partial charge in [-0.25, -0.2) is 18.4 Å². The molecular formula is C18H20N6O3S. The zero-order valence-electron chi connectivity index (χ0n) is 15.2. The largest absolute Gasteiger partial charge is 0.335 e. The van der Waals surface area contributed by atoms with Crippen molar-refractivity contribution >= 4 is 32.9 Å². The van der Waals surface area contributed by atoms with E-state index in [0.29, 0.717) is 38.4 Å². The van der Waals surface area contributed by atoms with E-state index in [1.54, 1.807) is 4.90 Å². The quantitative estimate of drug-likeness (QED) is 0.712. The van der Waals surface area contributed by atoms with Crippen LogP contribution in [0.4, 0.5) is 5.95 Å². The Labute approximate surface area is 162 Å². The number of piperidine rings is 1. The highest BCUT2D eigenvalue weighted by atomic mass is 32.2. The lowest BCUT2D eigenvalue weighted by Gasteiger charge is -2.31. The van der Waals surface area contributed by atoms with Gasteiger partial charge in [0.2, 0.25) is 11.9 Å². The van der Waals surface area contributed by atoms with Crippen LogP contribution in [0.1, 0.15) is 12.8 Å². The molecule has 0 atom stereocenters. The molecular weight excluding hydrogens is 380 g/mol. The molecule has 3 aromatic rings. The first-order valence-electron chi connectivity index (χ1n) is 9.31. The second-order valence-electron chi connectivity index (χ2n) is 7.14. The molecule has 0 unspecified atom stereocenters. The number of anilines is 1. The molecule has 9 nitrogen and oxygen atoms in total. The molecule has 2 aliphatic rings. The van der Waals surface area contributed by atoms with Gasteiger partial charge in [-0.1, -0.05) is 12.1 Å². The molecule has 1 amide bonds. The number of aromatic nitrogens is 4. The van der Waals surface area contributed by atoms with Gasteiger partial charge in [0.1, 0.15) is 0 Å². The van der Waals surface area contributed by atoms with Crippen molar-refractivity contribution in [2.75, 3.05) is 24.5 Å². The summed E-state index contributed by atoms with van der Waals surface area (Å²) >= 11 is 0. The van der Waals surface area contributed by atoms with Crippen molar-refractivity contribution in [1.82, 2.24) is 23.8 Å². The number of benzene rings is 1. The predicted octanol–water partition coefficient (Wildman–Crippen LogP) is 1.21. The summed E-state index contributed by atoms with van der Waals surface area (Å²) in [6.45, 7) is 1.98. The van der Waals surface area contributed by atoms with Gasteiger partial charge in [-0.15, -0.1) is 0 Å². The molecule has 1 fully saturated rings. The van der Waals surface area contributed by atoms with Crippen LogP contribution in [0.2, 0.25) is 0 Å². The maximum absolute atomic E-state index is 13.1. The lowest BCUT2D eigenvalue weighted by Crippen LogP contribution is -2.44. The third-order valence-corrected chi connectivity index (χ3v) is 7.41. The van der Waals surface area contributed by atoms with Crippen LogP contribution in [0.5, 0.6) is 0 Å². The number of hydrogen-bond acceptors (Lipinski definition) is 5. The van der Waals surface area contributed by atoms with Crippen molar-refractivity contribution in [3.05, 3.63) is 36.8 Å². The van der Waals surface area contributed by atoms with Crippen molar-refractivity contribution in [1.29, 1.82) is 0 Å². The first kappa shape index (κ1) is 17.4. The van der Waals surface area contributed by atoms with E-state index in [1.807, 2.05) is 24.3 Å². The van der Waals surface area contributed by atoms with Gasteiger partial charge < -0.3 is 9.55 Å². The molecule has 2 aliphatic heterocycles. The van der Waals surface area contributed by atoms with E-state index in [2.05, 4.69) is 19.5 Å². The molecule has 2 aromatic heterocycles. The molecule has 1 saturated heterocycles. The fourth-order valence-corrected chi connectivity index (χ4v) is 5.45. The topological polar surface area (TPSA) is 104 Å². The Bertz CT molecular complexity index is 1130. The van der Waals surface area contributed by atoms with E-state index in [0.717, 1.165) is 17.6 Å². The van der Waals surface area contributed by atoms with Crippen LogP contribution in [-0.2, 0) is 21.4 Å². The van der Waals surface area contributed by atoms with Crippen LogP contribution in [0.25, 0.3) is 11.0 Å². The van der Waals surface area contributed by atoms with Crippen LogP contribution in [0, 0.1) is 5.92 Å². The Morgan fingerprint density at radius 3 is 2.64 bits per heavy atom. The normalized spacial score (nSPS) is 18.6. The Kier molecular flexibility index (Phi) is 3.98. The summed E-state index contributed by atoms with van der Waals surface area (Å²) in [7, 11) is -3.58. The minimum absolute atomic E-state index is 0.0349. The molecule has 1 aromatic carbocycles. The van der Waals surface area contributed by atoms with Gasteiger partial charge in [-0.2, -0.15) is 4.31 Å². The minimum Gasteiger partial charge on any atom is -0.335 e. The molecule has 10 heteroatoms. The van der Waals surface area contributed by atoms with E-state index in [-0.39, 0.29) is 16.9 Å². The fourth-order valence-electron chi connectivity index (χ4n) is 4.08. The number of amides is 1. The molecule has 146 valence electrons. The number of sulfonamides is 1. The summed E-state index contributed by atoms with van der Waals surface area (Å²) in [6, 6.07) is 7.87. The van der Waals surface area contributed by atoms with Gasteiger partial charge in [-0.05, 0) is 25.0 Å². The van der Waals surface area contributed by atoms with Crippen molar-refractivity contribution in [3.8, 4) is 0 Å². The molecule has 28 heavy (non-hydrogen) atoms. The Morgan fingerprint density at radius 1 is 1.11 bits per heavy atom. The van der Waals surface area contributed by atoms with Crippen LogP contribution < -0.4 is 4.90 Å². The smallest absolute Gasteiger partial charge is 0.260 e. The summed E-state index contributed by atoms with van der Waals surface area (Å²) < 4.78 is 28.7. The number of rotatable bonds is 3.